The minimum atomic E-state index is -4.60. The molecule has 84 valence electrons. The molecule has 0 aliphatic rings. The van der Waals surface area contributed by atoms with Crippen LogP contribution in [-0.4, -0.2) is 21.3 Å². The van der Waals surface area contributed by atoms with E-state index in [1.807, 2.05) is 0 Å². The number of aryl methyl sites for hydroxylation is 1. The van der Waals surface area contributed by atoms with Gasteiger partial charge in [0, 0.05) is 0 Å². The molecule has 0 aliphatic carbocycles. The van der Waals surface area contributed by atoms with Gasteiger partial charge in [0.1, 0.15) is 10.6 Å². The van der Waals surface area contributed by atoms with Gasteiger partial charge in [-0.3, -0.25) is 0 Å². The van der Waals surface area contributed by atoms with Gasteiger partial charge >= 0.3 is 5.76 Å². The van der Waals surface area contributed by atoms with Crippen LogP contribution in [0.25, 0.3) is 0 Å². The van der Waals surface area contributed by atoms with Gasteiger partial charge in [0.25, 0.3) is 0 Å². The molecule has 6 heteroatoms. The molecule has 0 unspecified atom stereocenters. The van der Waals surface area contributed by atoms with E-state index in [0.29, 0.717) is 5.56 Å². The molecule has 0 saturated heterocycles. The van der Waals surface area contributed by atoms with Gasteiger partial charge in [-0.2, -0.15) is 8.78 Å². The smallest absolute Gasteiger partial charge is 0.341 e. The summed E-state index contributed by atoms with van der Waals surface area (Å²) >= 11 is 0. The van der Waals surface area contributed by atoms with E-state index in [1.165, 1.54) is 19.2 Å². The number of hydrogen-bond donors (Lipinski definition) is 0. The van der Waals surface area contributed by atoms with Crippen molar-refractivity contribution in [2.24, 2.45) is 0 Å². The Morgan fingerprint density at radius 2 is 1.93 bits per heavy atom. The quantitative estimate of drug-likeness (QED) is 0.806. The van der Waals surface area contributed by atoms with E-state index in [0.717, 1.165) is 0 Å². The van der Waals surface area contributed by atoms with Crippen LogP contribution in [0.2, 0.25) is 0 Å². The maximum Gasteiger partial charge on any atom is 0.341 e. The van der Waals surface area contributed by atoms with Crippen molar-refractivity contribution in [1.82, 2.24) is 0 Å². The average molecular weight is 236 g/mol. The lowest BCUT2D eigenvalue weighted by Crippen LogP contribution is -2.12. The van der Waals surface area contributed by atoms with Gasteiger partial charge in [0.2, 0.25) is 9.84 Å². The van der Waals surface area contributed by atoms with Gasteiger partial charge in [-0.15, -0.1) is 0 Å². The lowest BCUT2D eigenvalue weighted by atomic mass is 10.2. The molecular weight excluding hydrogens is 226 g/mol. The molecule has 15 heavy (non-hydrogen) atoms. The Morgan fingerprint density at radius 1 is 1.33 bits per heavy atom. The van der Waals surface area contributed by atoms with E-state index in [4.69, 9.17) is 4.74 Å². The van der Waals surface area contributed by atoms with Crippen LogP contribution < -0.4 is 4.74 Å². The number of hydrogen-bond acceptors (Lipinski definition) is 3. The van der Waals surface area contributed by atoms with Crippen molar-refractivity contribution in [1.29, 1.82) is 0 Å². The summed E-state index contributed by atoms with van der Waals surface area (Å²) < 4.78 is 51.8. The summed E-state index contributed by atoms with van der Waals surface area (Å²) in [5, 5.41) is 0. The monoisotopic (exact) mass is 236 g/mol. The average Bonchev–Trinajstić information content (AvgIpc) is 2.17. The van der Waals surface area contributed by atoms with E-state index in [2.05, 4.69) is 0 Å². The van der Waals surface area contributed by atoms with Gasteiger partial charge < -0.3 is 4.74 Å². The zero-order valence-electron chi connectivity index (χ0n) is 8.20. The van der Waals surface area contributed by atoms with Crippen LogP contribution in [0.3, 0.4) is 0 Å². The molecule has 0 N–H and O–H groups in total. The van der Waals surface area contributed by atoms with Crippen molar-refractivity contribution in [3.05, 3.63) is 23.8 Å². The molecule has 3 nitrogen and oxygen atoms in total. The number of benzene rings is 1. The molecule has 0 saturated carbocycles. The fourth-order valence-corrected chi connectivity index (χ4v) is 2.08. The Hall–Kier alpha value is -1.17. The molecular formula is C9H10F2O3S. The highest BCUT2D eigenvalue weighted by Crippen LogP contribution is 2.28. The highest BCUT2D eigenvalue weighted by molar-refractivity contribution is 7.91. The van der Waals surface area contributed by atoms with E-state index in [9.17, 15) is 17.2 Å². The zero-order chi connectivity index (χ0) is 11.6. The number of halogens is 2. The largest absolute Gasteiger partial charge is 0.495 e. The maximum absolute atomic E-state index is 12.3. The van der Waals surface area contributed by atoms with Gasteiger partial charge in [0.15, 0.2) is 0 Å². The Morgan fingerprint density at radius 3 is 2.40 bits per heavy atom. The fraction of sp³-hybridized carbons (Fsp3) is 0.333. The summed E-state index contributed by atoms with van der Waals surface area (Å²) in [5.74, 6) is -3.51. The van der Waals surface area contributed by atoms with Gasteiger partial charge in [-0.25, -0.2) is 8.42 Å². The van der Waals surface area contributed by atoms with Crippen LogP contribution in [0.15, 0.2) is 23.1 Å². The Labute approximate surface area is 86.6 Å². The summed E-state index contributed by atoms with van der Waals surface area (Å²) in [7, 11) is -3.37. The number of alkyl halides is 2. The molecule has 1 aromatic rings. The van der Waals surface area contributed by atoms with Crippen molar-refractivity contribution in [3.8, 4) is 5.75 Å². The lowest BCUT2D eigenvalue weighted by Gasteiger charge is -2.09. The first-order chi connectivity index (χ1) is 6.89. The van der Waals surface area contributed by atoms with Crippen molar-refractivity contribution in [3.63, 3.8) is 0 Å². The SMILES string of the molecule is COc1ccc(C)cc1S(=O)(=O)C(F)F. The Balaban J connectivity index is 3.42. The van der Waals surface area contributed by atoms with Crippen molar-refractivity contribution < 1.29 is 21.9 Å². The summed E-state index contributed by atoms with van der Waals surface area (Å²) in [6, 6.07) is 4.11. The summed E-state index contributed by atoms with van der Waals surface area (Å²) in [5.41, 5.74) is 0.579. The minimum absolute atomic E-state index is 0.0686. The Kier molecular flexibility index (Phi) is 3.28. The van der Waals surface area contributed by atoms with Crippen molar-refractivity contribution in [2.45, 2.75) is 17.6 Å². The molecule has 0 spiro atoms. The normalized spacial score (nSPS) is 11.8. The van der Waals surface area contributed by atoms with Crippen LogP contribution in [0.4, 0.5) is 8.78 Å². The number of sulfone groups is 1. The lowest BCUT2D eigenvalue weighted by molar-refractivity contribution is 0.234. The van der Waals surface area contributed by atoms with Gasteiger partial charge in [0.05, 0.1) is 7.11 Å². The van der Waals surface area contributed by atoms with E-state index >= 15 is 0 Å². The highest BCUT2D eigenvalue weighted by atomic mass is 32.2. The zero-order valence-corrected chi connectivity index (χ0v) is 9.01. The fourth-order valence-electron chi connectivity index (χ4n) is 1.10. The van der Waals surface area contributed by atoms with Crippen LogP contribution in [0.5, 0.6) is 5.75 Å². The third-order valence-electron chi connectivity index (χ3n) is 1.86. The first-order valence-electron chi connectivity index (χ1n) is 4.06. The van der Waals surface area contributed by atoms with E-state index in [1.54, 1.807) is 13.0 Å². The van der Waals surface area contributed by atoms with Crippen LogP contribution in [0, 0.1) is 6.92 Å². The molecule has 0 amide bonds. The molecule has 0 aromatic heterocycles. The minimum Gasteiger partial charge on any atom is -0.495 e. The second-order valence-corrected chi connectivity index (χ2v) is 4.85. The standard InChI is InChI=1S/C9H10F2O3S/c1-6-3-4-7(14-2)8(5-6)15(12,13)9(10)11/h3-5,9H,1-2H3. The molecule has 0 fully saturated rings. The van der Waals surface area contributed by atoms with E-state index in [-0.39, 0.29) is 5.75 Å². The summed E-state index contributed by atoms with van der Waals surface area (Å²) in [6.07, 6.45) is 0. The van der Waals surface area contributed by atoms with E-state index < -0.39 is 20.5 Å². The van der Waals surface area contributed by atoms with Crippen molar-refractivity contribution >= 4 is 9.84 Å². The molecule has 0 bridgehead atoms. The molecule has 0 atom stereocenters. The van der Waals surface area contributed by atoms with Crippen molar-refractivity contribution in [2.75, 3.05) is 7.11 Å². The van der Waals surface area contributed by atoms with Gasteiger partial charge in [-0.05, 0) is 24.6 Å². The van der Waals surface area contributed by atoms with Crippen LogP contribution >= 0.6 is 0 Å². The second kappa shape index (κ2) is 4.14. The predicted molar refractivity (Wildman–Crippen MR) is 50.9 cm³/mol. The molecule has 1 rings (SSSR count). The molecule has 1 aromatic carbocycles. The van der Waals surface area contributed by atoms with Crippen LogP contribution in [-0.2, 0) is 9.84 Å². The highest BCUT2D eigenvalue weighted by Gasteiger charge is 2.29. The van der Waals surface area contributed by atoms with Crippen LogP contribution in [0.1, 0.15) is 5.56 Å². The maximum atomic E-state index is 12.3. The summed E-state index contributed by atoms with van der Waals surface area (Å²) in [4.78, 5) is -0.472. The second-order valence-electron chi connectivity index (χ2n) is 2.96. The molecule has 0 aliphatic heterocycles. The summed E-state index contributed by atoms with van der Waals surface area (Å²) in [6.45, 7) is 1.62. The molecule has 0 heterocycles. The topological polar surface area (TPSA) is 43.4 Å². The molecule has 0 radical (unpaired) electrons. The third-order valence-corrected chi connectivity index (χ3v) is 3.26. The van der Waals surface area contributed by atoms with Gasteiger partial charge in [-0.1, -0.05) is 6.07 Å². The third kappa shape index (κ3) is 2.26. The first-order valence-corrected chi connectivity index (χ1v) is 5.61. The number of methoxy groups -OCH3 is 1. The number of rotatable bonds is 3. The number of ether oxygens (including phenoxy) is 1. The predicted octanol–water partition coefficient (Wildman–Crippen LogP) is 2.00. The Bertz CT molecular complexity index is 454. The first kappa shape index (κ1) is 11.9.